The summed E-state index contributed by atoms with van der Waals surface area (Å²) in [5, 5.41) is 4.15. The van der Waals surface area contributed by atoms with Crippen molar-refractivity contribution < 1.29 is 4.79 Å². The van der Waals surface area contributed by atoms with Crippen LogP contribution in [0.1, 0.15) is 52.0 Å². The number of Topliss-reactive ketones (excluding diaryl/α,β-unsaturated/α-hetero) is 1. The third-order valence-corrected chi connectivity index (χ3v) is 5.10. The van der Waals surface area contributed by atoms with Gasteiger partial charge in [0.2, 0.25) is 0 Å². The van der Waals surface area contributed by atoms with Gasteiger partial charge in [0.25, 0.3) is 0 Å². The molecular formula is C16H24OS. The lowest BCUT2D eigenvalue weighted by Crippen LogP contribution is -2.29. The number of hydrogen-bond acceptors (Lipinski definition) is 2. The van der Waals surface area contributed by atoms with Crippen molar-refractivity contribution in [3.8, 4) is 0 Å². The maximum Gasteiger partial charge on any atom is 0.140 e. The first-order valence-electron chi connectivity index (χ1n) is 7.00. The van der Waals surface area contributed by atoms with Gasteiger partial charge in [-0.25, -0.2) is 0 Å². The van der Waals surface area contributed by atoms with E-state index >= 15 is 0 Å². The largest absolute Gasteiger partial charge is 0.299 e. The van der Waals surface area contributed by atoms with Gasteiger partial charge in [-0.3, -0.25) is 4.79 Å². The molecule has 0 N–H and O–H groups in total. The quantitative estimate of drug-likeness (QED) is 0.772. The number of rotatable bonds is 3. The third kappa shape index (κ3) is 3.44. The number of carbonyl (C=O) groups is 1. The summed E-state index contributed by atoms with van der Waals surface area (Å²) in [7, 11) is 0. The van der Waals surface area contributed by atoms with E-state index < -0.39 is 0 Å². The van der Waals surface area contributed by atoms with Crippen molar-refractivity contribution >= 4 is 17.1 Å². The van der Waals surface area contributed by atoms with Gasteiger partial charge in [0.1, 0.15) is 5.78 Å². The van der Waals surface area contributed by atoms with E-state index in [0.717, 1.165) is 18.8 Å². The molecule has 0 unspecified atom stereocenters. The van der Waals surface area contributed by atoms with Gasteiger partial charge < -0.3 is 0 Å². The monoisotopic (exact) mass is 264 g/mol. The van der Waals surface area contributed by atoms with Crippen LogP contribution in [0.3, 0.4) is 0 Å². The summed E-state index contributed by atoms with van der Waals surface area (Å²) in [4.78, 5) is 12.2. The number of hydrogen-bond donors (Lipinski definition) is 0. The van der Waals surface area contributed by atoms with Crippen LogP contribution in [0.25, 0.3) is 0 Å². The highest BCUT2D eigenvalue weighted by atomic mass is 32.1. The molecule has 0 aliphatic heterocycles. The van der Waals surface area contributed by atoms with Crippen molar-refractivity contribution in [3.63, 3.8) is 0 Å². The van der Waals surface area contributed by atoms with E-state index in [4.69, 9.17) is 0 Å². The fraction of sp³-hybridized carbons (Fsp3) is 0.688. The second-order valence-corrected chi connectivity index (χ2v) is 7.47. The molecule has 0 radical (unpaired) electrons. The topological polar surface area (TPSA) is 17.1 Å². The zero-order valence-electron chi connectivity index (χ0n) is 11.7. The molecule has 0 amide bonds. The lowest BCUT2D eigenvalue weighted by molar-refractivity contribution is -0.123. The van der Waals surface area contributed by atoms with E-state index in [1.807, 2.05) is 0 Å². The van der Waals surface area contributed by atoms with E-state index in [-0.39, 0.29) is 0 Å². The smallest absolute Gasteiger partial charge is 0.140 e. The minimum atomic E-state index is 0.323. The molecule has 1 aromatic rings. The fourth-order valence-electron chi connectivity index (χ4n) is 3.02. The van der Waals surface area contributed by atoms with Gasteiger partial charge in [-0.15, -0.1) is 0 Å². The van der Waals surface area contributed by atoms with Crippen LogP contribution in [0.5, 0.6) is 0 Å². The first-order chi connectivity index (χ1) is 8.47. The Balaban J connectivity index is 1.84. The second kappa shape index (κ2) is 5.56. The molecule has 0 bridgehead atoms. The Kier molecular flexibility index (Phi) is 4.26. The minimum Gasteiger partial charge on any atom is -0.299 e. The van der Waals surface area contributed by atoms with Gasteiger partial charge in [-0.1, -0.05) is 20.8 Å². The molecule has 0 saturated heterocycles. The van der Waals surface area contributed by atoms with E-state index in [0.29, 0.717) is 23.5 Å². The summed E-state index contributed by atoms with van der Waals surface area (Å²) >= 11 is 1.68. The maximum atomic E-state index is 12.2. The summed E-state index contributed by atoms with van der Waals surface area (Å²) in [6.07, 6.45) is 5.30. The van der Waals surface area contributed by atoms with Crippen molar-refractivity contribution in [1.82, 2.24) is 0 Å². The molecule has 0 aromatic carbocycles. The SMILES string of the molecule is CC(C)(C)C1CCC(C(=O)Cc2ccsc2)CC1. The second-order valence-electron chi connectivity index (χ2n) is 6.69. The molecule has 0 spiro atoms. The Morgan fingerprint density at radius 2 is 1.94 bits per heavy atom. The van der Waals surface area contributed by atoms with E-state index in [9.17, 15) is 4.79 Å². The van der Waals surface area contributed by atoms with Crippen molar-refractivity contribution in [2.75, 3.05) is 0 Å². The van der Waals surface area contributed by atoms with Gasteiger partial charge in [0.05, 0.1) is 0 Å². The molecule has 18 heavy (non-hydrogen) atoms. The van der Waals surface area contributed by atoms with Gasteiger partial charge in [-0.05, 0) is 59.4 Å². The highest BCUT2D eigenvalue weighted by Gasteiger charge is 2.32. The van der Waals surface area contributed by atoms with Gasteiger partial charge in [0, 0.05) is 12.3 Å². The summed E-state index contributed by atoms with van der Waals surface area (Å²) in [5.74, 6) is 1.58. The van der Waals surface area contributed by atoms with E-state index in [1.54, 1.807) is 11.3 Å². The van der Waals surface area contributed by atoms with Crippen LogP contribution < -0.4 is 0 Å². The summed E-state index contributed by atoms with van der Waals surface area (Å²) in [6.45, 7) is 6.97. The van der Waals surface area contributed by atoms with E-state index in [2.05, 4.69) is 37.6 Å². The van der Waals surface area contributed by atoms with Crippen LogP contribution in [-0.2, 0) is 11.2 Å². The number of thiophene rings is 1. The zero-order valence-corrected chi connectivity index (χ0v) is 12.6. The fourth-order valence-corrected chi connectivity index (χ4v) is 3.69. The third-order valence-electron chi connectivity index (χ3n) is 4.37. The lowest BCUT2D eigenvalue weighted by Gasteiger charge is -2.36. The van der Waals surface area contributed by atoms with Crippen LogP contribution in [0.15, 0.2) is 16.8 Å². The van der Waals surface area contributed by atoms with Gasteiger partial charge in [0.15, 0.2) is 0 Å². The first kappa shape index (κ1) is 13.8. The Bertz CT molecular complexity index is 378. The van der Waals surface area contributed by atoms with Gasteiger partial charge in [-0.2, -0.15) is 11.3 Å². The predicted octanol–water partition coefficient (Wildman–Crippen LogP) is 4.71. The molecule has 1 heterocycles. The van der Waals surface area contributed by atoms with Crippen LogP contribution in [-0.4, -0.2) is 5.78 Å². The molecule has 1 saturated carbocycles. The summed E-state index contributed by atoms with van der Waals surface area (Å²) in [5.41, 5.74) is 1.60. The highest BCUT2D eigenvalue weighted by Crippen LogP contribution is 2.40. The molecule has 1 aliphatic carbocycles. The number of ketones is 1. The van der Waals surface area contributed by atoms with Crippen molar-refractivity contribution in [3.05, 3.63) is 22.4 Å². The van der Waals surface area contributed by atoms with E-state index in [1.165, 1.54) is 18.4 Å². The molecule has 1 aromatic heterocycles. The Hall–Kier alpha value is -0.630. The molecular weight excluding hydrogens is 240 g/mol. The van der Waals surface area contributed by atoms with Crippen LogP contribution in [0.2, 0.25) is 0 Å². The minimum absolute atomic E-state index is 0.323. The Morgan fingerprint density at radius 1 is 1.28 bits per heavy atom. The molecule has 1 fully saturated rings. The Labute approximate surface area is 115 Å². The summed E-state index contributed by atoms with van der Waals surface area (Å²) in [6, 6.07) is 2.07. The maximum absolute atomic E-state index is 12.2. The summed E-state index contributed by atoms with van der Waals surface area (Å²) < 4.78 is 0. The first-order valence-corrected chi connectivity index (χ1v) is 7.95. The van der Waals surface area contributed by atoms with Crippen LogP contribution in [0, 0.1) is 17.3 Å². The average Bonchev–Trinajstić information content (AvgIpc) is 2.81. The standard InChI is InChI=1S/C16H24OS/c1-16(2,3)14-6-4-13(5-7-14)15(17)10-12-8-9-18-11-12/h8-9,11,13-14H,4-7,10H2,1-3H3. The zero-order chi connectivity index (χ0) is 13.2. The molecule has 2 heteroatoms. The highest BCUT2D eigenvalue weighted by molar-refractivity contribution is 7.07. The van der Waals surface area contributed by atoms with Crippen molar-refractivity contribution in [2.24, 2.45) is 17.3 Å². The van der Waals surface area contributed by atoms with Crippen molar-refractivity contribution in [1.29, 1.82) is 0 Å². The predicted molar refractivity (Wildman–Crippen MR) is 77.9 cm³/mol. The van der Waals surface area contributed by atoms with Crippen molar-refractivity contribution in [2.45, 2.75) is 52.9 Å². The molecule has 100 valence electrons. The Morgan fingerprint density at radius 3 is 2.44 bits per heavy atom. The van der Waals surface area contributed by atoms with Crippen LogP contribution >= 0.6 is 11.3 Å². The normalized spacial score (nSPS) is 25.1. The molecule has 2 rings (SSSR count). The van der Waals surface area contributed by atoms with Gasteiger partial charge >= 0.3 is 0 Å². The van der Waals surface area contributed by atoms with Crippen LogP contribution in [0.4, 0.5) is 0 Å². The molecule has 1 aliphatic rings. The average molecular weight is 264 g/mol. The molecule has 1 nitrogen and oxygen atoms in total. The number of carbonyl (C=O) groups excluding carboxylic acids is 1. The molecule has 0 atom stereocenters. The lowest BCUT2D eigenvalue weighted by atomic mass is 9.69.